The van der Waals surface area contributed by atoms with Crippen molar-refractivity contribution in [2.24, 2.45) is 0 Å². The summed E-state index contributed by atoms with van der Waals surface area (Å²) in [6.45, 7) is 8.32. The van der Waals surface area contributed by atoms with Gasteiger partial charge in [-0.05, 0) is 13.5 Å². The Bertz CT molecular complexity index is 446. The molecule has 0 spiro atoms. The zero-order valence-corrected chi connectivity index (χ0v) is 10.9. The van der Waals surface area contributed by atoms with E-state index in [0.29, 0.717) is 18.2 Å². The SMILES string of the molecule is CCN1CCOC(CNc2cc(=O)[nH]c(C)n2)C1. The minimum absolute atomic E-state index is 0.134. The van der Waals surface area contributed by atoms with Crippen molar-refractivity contribution in [3.63, 3.8) is 0 Å². The van der Waals surface area contributed by atoms with E-state index in [1.165, 1.54) is 6.07 Å². The van der Waals surface area contributed by atoms with Gasteiger partial charge in [-0.25, -0.2) is 4.98 Å². The van der Waals surface area contributed by atoms with Gasteiger partial charge in [0.2, 0.25) is 0 Å². The van der Waals surface area contributed by atoms with Crippen LogP contribution in [-0.2, 0) is 4.74 Å². The molecule has 1 aromatic rings. The normalized spacial score (nSPS) is 20.9. The van der Waals surface area contributed by atoms with Crippen LogP contribution in [0, 0.1) is 6.92 Å². The predicted octanol–water partition coefficient (Wildman–Crippen LogP) is 0.211. The van der Waals surface area contributed by atoms with E-state index >= 15 is 0 Å². The third-order valence-corrected chi connectivity index (χ3v) is 3.04. The van der Waals surface area contributed by atoms with Crippen molar-refractivity contribution in [2.75, 3.05) is 38.1 Å². The number of nitrogens with zero attached hydrogens (tertiary/aromatic N) is 2. The molecule has 0 aromatic carbocycles. The Morgan fingerprint density at radius 1 is 1.67 bits per heavy atom. The number of hydrogen-bond acceptors (Lipinski definition) is 5. The van der Waals surface area contributed by atoms with Crippen molar-refractivity contribution in [2.45, 2.75) is 20.0 Å². The Balaban J connectivity index is 1.89. The van der Waals surface area contributed by atoms with Gasteiger partial charge in [0.25, 0.3) is 5.56 Å². The molecule has 18 heavy (non-hydrogen) atoms. The van der Waals surface area contributed by atoms with Crippen molar-refractivity contribution in [3.05, 3.63) is 22.2 Å². The molecule has 1 atom stereocenters. The summed E-state index contributed by atoms with van der Waals surface area (Å²) in [5, 5.41) is 3.16. The maximum Gasteiger partial charge on any atom is 0.252 e. The van der Waals surface area contributed by atoms with E-state index in [9.17, 15) is 4.79 Å². The molecule has 2 rings (SSSR count). The lowest BCUT2D eigenvalue weighted by Crippen LogP contribution is -2.45. The average Bonchev–Trinajstić information content (AvgIpc) is 2.35. The summed E-state index contributed by atoms with van der Waals surface area (Å²) in [5.74, 6) is 1.22. The molecular formula is C12H20N4O2. The van der Waals surface area contributed by atoms with E-state index in [0.717, 1.165) is 26.2 Å². The molecule has 6 nitrogen and oxygen atoms in total. The lowest BCUT2D eigenvalue weighted by Gasteiger charge is -2.32. The first kappa shape index (κ1) is 13.0. The van der Waals surface area contributed by atoms with Crippen LogP contribution in [0.4, 0.5) is 5.82 Å². The standard InChI is InChI=1S/C12H20N4O2/c1-3-16-4-5-18-10(8-16)7-13-11-6-12(17)15-9(2)14-11/h6,10H,3-5,7-8H2,1-2H3,(H2,13,14,15,17). The number of ether oxygens (including phenoxy) is 1. The zero-order valence-electron chi connectivity index (χ0n) is 10.9. The molecular weight excluding hydrogens is 232 g/mol. The first-order chi connectivity index (χ1) is 8.67. The Morgan fingerprint density at radius 2 is 2.50 bits per heavy atom. The largest absolute Gasteiger partial charge is 0.374 e. The van der Waals surface area contributed by atoms with Crippen molar-refractivity contribution >= 4 is 5.82 Å². The molecule has 0 aliphatic carbocycles. The van der Waals surface area contributed by atoms with Gasteiger partial charge in [-0.3, -0.25) is 9.69 Å². The minimum atomic E-state index is -0.134. The highest BCUT2D eigenvalue weighted by atomic mass is 16.5. The average molecular weight is 252 g/mol. The first-order valence-electron chi connectivity index (χ1n) is 6.33. The van der Waals surface area contributed by atoms with Gasteiger partial charge in [-0.2, -0.15) is 0 Å². The van der Waals surface area contributed by atoms with Gasteiger partial charge >= 0.3 is 0 Å². The molecule has 0 saturated carbocycles. The number of aromatic amines is 1. The van der Waals surface area contributed by atoms with Gasteiger partial charge < -0.3 is 15.0 Å². The van der Waals surface area contributed by atoms with E-state index in [4.69, 9.17) is 4.74 Å². The monoisotopic (exact) mass is 252 g/mol. The van der Waals surface area contributed by atoms with E-state index < -0.39 is 0 Å². The molecule has 0 bridgehead atoms. The zero-order chi connectivity index (χ0) is 13.0. The molecule has 0 radical (unpaired) electrons. The van der Waals surface area contributed by atoms with E-state index in [2.05, 4.69) is 27.1 Å². The summed E-state index contributed by atoms with van der Waals surface area (Å²) >= 11 is 0. The molecule has 1 saturated heterocycles. The number of H-pyrrole nitrogens is 1. The highest BCUT2D eigenvalue weighted by Gasteiger charge is 2.18. The van der Waals surface area contributed by atoms with Crippen LogP contribution in [0.25, 0.3) is 0 Å². The molecule has 6 heteroatoms. The van der Waals surface area contributed by atoms with Gasteiger partial charge in [0, 0.05) is 25.7 Å². The maximum absolute atomic E-state index is 11.3. The molecule has 1 fully saturated rings. The third-order valence-electron chi connectivity index (χ3n) is 3.04. The molecule has 1 unspecified atom stereocenters. The topological polar surface area (TPSA) is 70.2 Å². The summed E-state index contributed by atoms with van der Waals surface area (Å²) in [4.78, 5) is 20.5. The fourth-order valence-corrected chi connectivity index (χ4v) is 2.08. The minimum Gasteiger partial charge on any atom is -0.374 e. The maximum atomic E-state index is 11.3. The van der Waals surface area contributed by atoms with Crippen LogP contribution >= 0.6 is 0 Å². The van der Waals surface area contributed by atoms with Crippen LogP contribution in [-0.4, -0.2) is 53.8 Å². The van der Waals surface area contributed by atoms with Crippen molar-refractivity contribution < 1.29 is 4.74 Å². The second-order valence-electron chi connectivity index (χ2n) is 4.48. The smallest absolute Gasteiger partial charge is 0.252 e. The van der Waals surface area contributed by atoms with Crippen molar-refractivity contribution in [3.8, 4) is 0 Å². The van der Waals surface area contributed by atoms with Crippen LogP contribution in [0.15, 0.2) is 10.9 Å². The predicted molar refractivity (Wildman–Crippen MR) is 69.9 cm³/mol. The number of anilines is 1. The Morgan fingerprint density at radius 3 is 3.22 bits per heavy atom. The lowest BCUT2D eigenvalue weighted by atomic mass is 10.2. The van der Waals surface area contributed by atoms with Crippen LogP contribution in [0.5, 0.6) is 0 Å². The molecule has 1 aromatic heterocycles. The van der Waals surface area contributed by atoms with E-state index in [1.807, 2.05) is 0 Å². The number of aryl methyl sites for hydroxylation is 1. The van der Waals surface area contributed by atoms with Crippen LogP contribution < -0.4 is 10.9 Å². The molecule has 0 amide bonds. The summed E-state index contributed by atoms with van der Waals surface area (Å²) in [5.41, 5.74) is -0.134. The molecule has 2 N–H and O–H groups in total. The number of morpholine rings is 1. The number of aromatic nitrogens is 2. The summed E-state index contributed by atoms with van der Waals surface area (Å²) < 4.78 is 5.67. The van der Waals surface area contributed by atoms with Crippen LogP contribution in [0.3, 0.4) is 0 Å². The number of hydrogen-bond donors (Lipinski definition) is 2. The highest BCUT2D eigenvalue weighted by molar-refractivity contribution is 5.32. The van der Waals surface area contributed by atoms with Crippen LogP contribution in [0.2, 0.25) is 0 Å². The van der Waals surface area contributed by atoms with E-state index in [1.54, 1.807) is 6.92 Å². The fraction of sp³-hybridized carbons (Fsp3) is 0.667. The summed E-state index contributed by atoms with van der Waals surface area (Å²) in [7, 11) is 0. The lowest BCUT2D eigenvalue weighted by molar-refractivity contribution is -0.0192. The molecule has 1 aliphatic heterocycles. The van der Waals surface area contributed by atoms with Crippen molar-refractivity contribution in [1.29, 1.82) is 0 Å². The number of nitrogens with one attached hydrogen (secondary N) is 2. The quantitative estimate of drug-likeness (QED) is 0.801. The molecule has 1 aliphatic rings. The van der Waals surface area contributed by atoms with Gasteiger partial charge in [-0.1, -0.05) is 6.92 Å². The molecule has 2 heterocycles. The second-order valence-corrected chi connectivity index (χ2v) is 4.48. The van der Waals surface area contributed by atoms with Gasteiger partial charge in [-0.15, -0.1) is 0 Å². The number of likely N-dealkylation sites (N-methyl/N-ethyl adjacent to an activating group) is 1. The van der Waals surface area contributed by atoms with Gasteiger partial charge in [0.05, 0.1) is 12.7 Å². The summed E-state index contributed by atoms with van der Waals surface area (Å²) in [6, 6.07) is 1.47. The Hall–Kier alpha value is -1.40. The summed E-state index contributed by atoms with van der Waals surface area (Å²) in [6.07, 6.45) is 0.153. The molecule has 100 valence electrons. The Kier molecular flexibility index (Phi) is 4.33. The van der Waals surface area contributed by atoms with Gasteiger partial charge in [0.15, 0.2) is 0 Å². The van der Waals surface area contributed by atoms with Crippen molar-refractivity contribution in [1.82, 2.24) is 14.9 Å². The van der Waals surface area contributed by atoms with Gasteiger partial charge in [0.1, 0.15) is 11.6 Å². The van der Waals surface area contributed by atoms with E-state index in [-0.39, 0.29) is 11.7 Å². The number of rotatable bonds is 4. The third kappa shape index (κ3) is 3.54. The highest BCUT2D eigenvalue weighted by Crippen LogP contribution is 2.06. The first-order valence-corrected chi connectivity index (χ1v) is 6.33. The Labute approximate surface area is 106 Å². The van der Waals surface area contributed by atoms with Crippen LogP contribution in [0.1, 0.15) is 12.7 Å². The second kappa shape index (κ2) is 5.97. The fourth-order valence-electron chi connectivity index (χ4n) is 2.08.